The summed E-state index contributed by atoms with van der Waals surface area (Å²) in [6.45, 7) is 8.67. The molecular weight excluding hydrogens is 184 g/mol. The van der Waals surface area contributed by atoms with Crippen molar-refractivity contribution in [1.82, 2.24) is 0 Å². The van der Waals surface area contributed by atoms with Gasteiger partial charge in [-0.05, 0) is 41.7 Å². The van der Waals surface area contributed by atoms with Gasteiger partial charge in [0.2, 0.25) is 5.24 Å². The summed E-state index contributed by atoms with van der Waals surface area (Å²) in [7, 11) is 0. The second-order valence-corrected chi connectivity index (χ2v) is 5.52. The third-order valence-electron chi connectivity index (χ3n) is 3.75. The van der Waals surface area contributed by atoms with E-state index in [9.17, 15) is 4.79 Å². The number of hydrogen-bond acceptors (Lipinski definition) is 1. The van der Waals surface area contributed by atoms with Crippen molar-refractivity contribution in [2.75, 3.05) is 0 Å². The molecular formula is C11H19ClO. The molecule has 1 saturated carbocycles. The molecule has 0 saturated heterocycles. The van der Waals surface area contributed by atoms with Crippen LogP contribution in [0.25, 0.3) is 0 Å². The van der Waals surface area contributed by atoms with Crippen LogP contribution < -0.4 is 0 Å². The number of rotatable bonds is 1. The van der Waals surface area contributed by atoms with Crippen molar-refractivity contribution < 1.29 is 4.79 Å². The number of hydrogen-bond donors (Lipinski definition) is 0. The lowest BCUT2D eigenvalue weighted by molar-refractivity contribution is -0.123. The van der Waals surface area contributed by atoms with Crippen molar-refractivity contribution in [1.29, 1.82) is 0 Å². The molecule has 0 aromatic heterocycles. The molecule has 0 aromatic carbocycles. The van der Waals surface area contributed by atoms with Gasteiger partial charge in [-0.1, -0.05) is 27.7 Å². The van der Waals surface area contributed by atoms with E-state index in [1.54, 1.807) is 0 Å². The molecule has 0 aliphatic heterocycles. The minimum absolute atomic E-state index is 0.0397. The standard InChI is InChI=1S/C11H19ClO/c1-7-5-6-11(3,4)9(8(7)2)10(12)13/h7-9H,5-6H2,1-4H3. The molecule has 3 atom stereocenters. The highest BCUT2D eigenvalue weighted by Crippen LogP contribution is 2.47. The topological polar surface area (TPSA) is 17.1 Å². The number of halogens is 1. The normalized spacial score (nSPS) is 38.7. The molecule has 2 heteroatoms. The smallest absolute Gasteiger partial charge is 0.225 e. The van der Waals surface area contributed by atoms with Crippen LogP contribution in [0.1, 0.15) is 40.5 Å². The molecule has 0 amide bonds. The summed E-state index contributed by atoms with van der Waals surface area (Å²) in [6.07, 6.45) is 2.33. The summed E-state index contributed by atoms with van der Waals surface area (Å²) in [4.78, 5) is 11.3. The van der Waals surface area contributed by atoms with E-state index in [0.717, 1.165) is 6.42 Å². The first-order chi connectivity index (χ1) is 5.86. The van der Waals surface area contributed by atoms with E-state index in [-0.39, 0.29) is 16.6 Å². The Bertz CT molecular complexity index is 210. The molecule has 13 heavy (non-hydrogen) atoms. The van der Waals surface area contributed by atoms with Crippen LogP contribution >= 0.6 is 11.6 Å². The molecule has 1 rings (SSSR count). The lowest BCUT2D eigenvalue weighted by Crippen LogP contribution is -2.40. The van der Waals surface area contributed by atoms with Gasteiger partial charge in [-0.3, -0.25) is 4.79 Å². The minimum Gasteiger partial charge on any atom is -0.281 e. The van der Waals surface area contributed by atoms with Gasteiger partial charge in [-0.15, -0.1) is 0 Å². The Labute approximate surface area is 85.8 Å². The first-order valence-electron chi connectivity index (χ1n) is 5.05. The van der Waals surface area contributed by atoms with E-state index in [2.05, 4.69) is 27.7 Å². The summed E-state index contributed by atoms with van der Waals surface area (Å²) in [5, 5.41) is -0.149. The molecule has 0 aromatic rings. The predicted molar refractivity (Wildman–Crippen MR) is 55.7 cm³/mol. The fourth-order valence-electron chi connectivity index (χ4n) is 2.57. The van der Waals surface area contributed by atoms with Crippen molar-refractivity contribution in [3.63, 3.8) is 0 Å². The highest BCUT2D eigenvalue weighted by Gasteiger charge is 2.43. The van der Waals surface area contributed by atoms with Crippen LogP contribution in [0.5, 0.6) is 0 Å². The first-order valence-corrected chi connectivity index (χ1v) is 5.43. The zero-order valence-corrected chi connectivity index (χ0v) is 9.69. The molecule has 3 unspecified atom stereocenters. The summed E-state index contributed by atoms with van der Waals surface area (Å²) in [5.74, 6) is 1.09. The summed E-state index contributed by atoms with van der Waals surface area (Å²) in [5.41, 5.74) is 0.0881. The molecule has 1 nitrogen and oxygen atoms in total. The van der Waals surface area contributed by atoms with Crippen LogP contribution in [0.3, 0.4) is 0 Å². The van der Waals surface area contributed by atoms with Crippen LogP contribution in [0.15, 0.2) is 0 Å². The summed E-state index contributed by atoms with van der Waals surface area (Å²) < 4.78 is 0. The van der Waals surface area contributed by atoms with E-state index in [0.29, 0.717) is 11.8 Å². The lowest BCUT2D eigenvalue weighted by atomic mass is 9.61. The van der Waals surface area contributed by atoms with Gasteiger partial charge in [0.1, 0.15) is 0 Å². The second-order valence-electron chi connectivity index (χ2n) is 5.15. The van der Waals surface area contributed by atoms with Crippen molar-refractivity contribution in [2.24, 2.45) is 23.2 Å². The molecule has 0 heterocycles. The molecule has 1 aliphatic rings. The van der Waals surface area contributed by atoms with Gasteiger partial charge < -0.3 is 0 Å². The number of carbonyl (C=O) groups is 1. The first kappa shape index (κ1) is 11.0. The Morgan fingerprint density at radius 2 is 1.92 bits per heavy atom. The van der Waals surface area contributed by atoms with Crippen LogP contribution in [-0.4, -0.2) is 5.24 Å². The Morgan fingerprint density at radius 1 is 1.38 bits per heavy atom. The largest absolute Gasteiger partial charge is 0.281 e. The van der Waals surface area contributed by atoms with Crippen LogP contribution in [-0.2, 0) is 4.79 Å². The zero-order chi connectivity index (χ0) is 10.2. The average Bonchev–Trinajstić information content (AvgIpc) is 1.96. The average molecular weight is 203 g/mol. The van der Waals surface area contributed by atoms with Gasteiger partial charge in [-0.2, -0.15) is 0 Å². The fraction of sp³-hybridized carbons (Fsp3) is 0.909. The van der Waals surface area contributed by atoms with Gasteiger partial charge >= 0.3 is 0 Å². The Morgan fingerprint density at radius 3 is 2.31 bits per heavy atom. The molecule has 0 radical (unpaired) electrons. The van der Waals surface area contributed by atoms with Crippen molar-refractivity contribution in [3.05, 3.63) is 0 Å². The molecule has 1 fully saturated rings. The molecule has 0 bridgehead atoms. The Kier molecular flexibility index (Phi) is 3.06. The lowest BCUT2D eigenvalue weighted by Gasteiger charge is -2.44. The molecule has 0 spiro atoms. The van der Waals surface area contributed by atoms with E-state index >= 15 is 0 Å². The van der Waals surface area contributed by atoms with Crippen molar-refractivity contribution >= 4 is 16.8 Å². The summed E-state index contributed by atoms with van der Waals surface area (Å²) >= 11 is 5.66. The van der Waals surface area contributed by atoms with E-state index < -0.39 is 0 Å². The van der Waals surface area contributed by atoms with Crippen LogP contribution in [0, 0.1) is 23.2 Å². The third kappa shape index (κ3) is 2.07. The van der Waals surface area contributed by atoms with Gasteiger partial charge in [0.15, 0.2) is 0 Å². The molecule has 1 aliphatic carbocycles. The highest BCUT2D eigenvalue weighted by atomic mass is 35.5. The van der Waals surface area contributed by atoms with Crippen LogP contribution in [0.4, 0.5) is 0 Å². The zero-order valence-electron chi connectivity index (χ0n) is 8.93. The van der Waals surface area contributed by atoms with E-state index in [4.69, 9.17) is 11.6 Å². The SMILES string of the molecule is CC1CCC(C)(C)C(C(=O)Cl)C1C. The quantitative estimate of drug-likeness (QED) is 0.596. The maximum atomic E-state index is 11.3. The third-order valence-corrected chi connectivity index (χ3v) is 3.99. The van der Waals surface area contributed by atoms with Crippen LogP contribution in [0.2, 0.25) is 0 Å². The van der Waals surface area contributed by atoms with Gasteiger partial charge in [-0.25, -0.2) is 0 Å². The summed E-state index contributed by atoms with van der Waals surface area (Å²) in [6, 6.07) is 0. The van der Waals surface area contributed by atoms with E-state index in [1.165, 1.54) is 6.42 Å². The Balaban J connectivity index is 2.88. The number of carbonyl (C=O) groups excluding carboxylic acids is 1. The van der Waals surface area contributed by atoms with Gasteiger partial charge in [0.05, 0.1) is 0 Å². The van der Waals surface area contributed by atoms with Gasteiger partial charge in [0.25, 0.3) is 0 Å². The van der Waals surface area contributed by atoms with Gasteiger partial charge in [0, 0.05) is 5.92 Å². The molecule has 0 N–H and O–H groups in total. The predicted octanol–water partition coefficient (Wildman–Crippen LogP) is 3.46. The minimum atomic E-state index is -0.149. The maximum Gasteiger partial charge on any atom is 0.225 e. The highest BCUT2D eigenvalue weighted by molar-refractivity contribution is 6.64. The Hall–Kier alpha value is -0.0400. The maximum absolute atomic E-state index is 11.3. The second kappa shape index (κ2) is 3.61. The fourth-order valence-corrected chi connectivity index (χ4v) is 3.07. The monoisotopic (exact) mass is 202 g/mol. The van der Waals surface area contributed by atoms with Crippen molar-refractivity contribution in [2.45, 2.75) is 40.5 Å². The van der Waals surface area contributed by atoms with E-state index in [1.807, 2.05) is 0 Å². The van der Waals surface area contributed by atoms with Crippen molar-refractivity contribution in [3.8, 4) is 0 Å². The molecule has 76 valence electrons.